The fraction of sp³-hybridized carbons (Fsp3) is 0.250. The summed E-state index contributed by atoms with van der Waals surface area (Å²) in [6.45, 7) is 5.88. The molecule has 0 amide bonds. The Hall–Kier alpha value is -6.50. The summed E-state index contributed by atoms with van der Waals surface area (Å²) in [7, 11) is 2.04. The van der Waals surface area contributed by atoms with Crippen LogP contribution in [0.4, 0.5) is 0 Å². The van der Waals surface area contributed by atoms with Gasteiger partial charge in [0.25, 0.3) is 5.09 Å². The maximum Gasteiger partial charge on any atom is 0.519 e. The van der Waals surface area contributed by atoms with E-state index in [1.807, 2.05) is 61.6 Å². The average Bonchev–Trinajstić information content (AvgIpc) is 3.79. The monoisotopic (exact) mass is 715 g/mol. The molecule has 53 heavy (non-hydrogen) atoms. The number of hydrogen-bond donors (Lipinski definition) is 0. The van der Waals surface area contributed by atoms with E-state index in [0.29, 0.717) is 17.7 Å². The fourth-order valence-corrected chi connectivity index (χ4v) is 6.70. The van der Waals surface area contributed by atoms with E-state index < -0.39 is 29.6 Å². The lowest BCUT2D eigenvalue weighted by Gasteiger charge is -2.13. The number of aromatic nitrogens is 4. The predicted molar refractivity (Wildman–Crippen MR) is 197 cm³/mol. The van der Waals surface area contributed by atoms with E-state index in [1.54, 1.807) is 12.1 Å². The second-order valence-electron chi connectivity index (χ2n) is 13.0. The van der Waals surface area contributed by atoms with E-state index in [4.69, 9.17) is 23.5 Å². The van der Waals surface area contributed by atoms with Crippen LogP contribution in [0.1, 0.15) is 59.1 Å². The van der Waals surface area contributed by atoms with Crippen molar-refractivity contribution in [3.05, 3.63) is 140 Å². The molecule has 0 saturated heterocycles. The molecule has 270 valence electrons. The van der Waals surface area contributed by atoms with Gasteiger partial charge in [-0.05, 0) is 72.9 Å². The van der Waals surface area contributed by atoms with E-state index in [0.717, 1.165) is 68.8 Å². The number of carbonyl (C=O) groups excluding carboxylic acids is 1. The third-order valence-corrected chi connectivity index (χ3v) is 9.19. The Bertz CT molecular complexity index is 2520. The van der Waals surface area contributed by atoms with Gasteiger partial charge in [-0.1, -0.05) is 61.5 Å². The first kappa shape index (κ1) is 34.9. The highest BCUT2D eigenvalue weighted by Crippen LogP contribution is 2.31. The Balaban J connectivity index is 1.13. The first-order valence-corrected chi connectivity index (χ1v) is 17.3. The SMILES string of the molecule is CCCc1nc2c(C)cc(-c3nc4ccccc4n3C)cc2n1Cc1ccc(-c2ccccc2C(=O)OCc2oc(=O)oc2CC(C)O[N+](=O)[O-])cc1. The second kappa shape index (κ2) is 14.6. The molecule has 0 N–H and O–H groups in total. The summed E-state index contributed by atoms with van der Waals surface area (Å²) in [5.41, 5.74) is 9.01. The summed E-state index contributed by atoms with van der Waals surface area (Å²) in [5, 5.41) is 9.74. The van der Waals surface area contributed by atoms with Crippen molar-refractivity contribution in [3.8, 4) is 22.5 Å². The standard InChI is InChI=1S/C40H37N5O8/c1-5-10-36-42-37-24(2)19-28(38-41-31-13-8-9-14-32(31)43(38)4)21-33(37)44(36)22-26-15-17-27(18-16-26)29-11-6-7-12-30(29)39(46)50-23-35-34(51-40(47)52-35)20-25(3)53-45(48)49/h6-9,11-19,21,25H,5,10,20,22-23H2,1-4H3. The molecule has 0 fully saturated rings. The van der Waals surface area contributed by atoms with Crippen molar-refractivity contribution in [3.63, 3.8) is 0 Å². The molecule has 4 aromatic carbocycles. The molecular weight excluding hydrogens is 678 g/mol. The van der Waals surface area contributed by atoms with Crippen LogP contribution >= 0.6 is 0 Å². The maximum atomic E-state index is 13.3. The van der Waals surface area contributed by atoms with Crippen molar-refractivity contribution in [2.75, 3.05) is 0 Å². The Labute approximate surface area is 303 Å². The van der Waals surface area contributed by atoms with Crippen LogP contribution < -0.4 is 5.82 Å². The van der Waals surface area contributed by atoms with Crippen LogP contribution in [-0.2, 0) is 42.6 Å². The second-order valence-corrected chi connectivity index (χ2v) is 13.0. The quantitative estimate of drug-likeness (QED) is 0.0661. The van der Waals surface area contributed by atoms with Crippen molar-refractivity contribution >= 4 is 28.0 Å². The van der Waals surface area contributed by atoms with Crippen LogP contribution in [0.3, 0.4) is 0 Å². The Morgan fingerprint density at radius 3 is 2.43 bits per heavy atom. The number of ether oxygens (including phenoxy) is 1. The molecule has 0 aliphatic rings. The minimum Gasteiger partial charge on any atom is -0.454 e. The van der Waals surface area contributed by atoms with Crippen LogP contribution in [0.5, 0.6) is 0 Å². The molecule has 3 aromatic heterocycles. The average molecular weight is 716 g/mol. The highest BCUT2D eigenvalue weighted by molar-refractivity contribution is 5.97. The van der Waals surface area contributed by atoms with Crippen LogP contribution in [-0.4, -0.2) is 36.3 Å². The summed E-state index contributed by atoms with van der Waals surface area (Å²) < 4.78 is 20.0. The molecule has 7 rings (SSSR count). The Kier molecular flexibility index (Phi) is 9.64. The summed E-state index contributed by atoms with van der Waals surface area (Å²) in [6, 6.07) is 27.6. The van der Waals surface area contributed by atoms with Crippen LogP contribution in [0.15, 0.2) is 98.6 Å². The van der Waals surface area contributed by atoms with Crippen LogP contribution in [0, 0.1) is 17.0 Å². The van der Waals surface area contributed by atoms with E-state index in [2.05, 4.69) is 46.0 Å². The van der Waals surface area contributed by atoms with E-state index in [1.165, 1.54) is 6.92 Å². The molecular formula is C40H37N5O8. The molecule has 1 unspecified atom stereocenters. The van der Waals surface area contributed by atoms with Gasteiger partial charge in [-0.25, -0.2) is 19.6 Å². The third kappa shape index (κ3) is 7.18. The van der Waals surface area contributed by atoms with Gasteiger partial charge in [0.2, 0.25) is 0 Å². The highest BCUT2D eigenvalue weighted by Gasteiger charge is 2.22. The van der Waals surface area contributed by atoms with Crippen molar-refractivity contribution in [1.82, 2.24) is 19.1 Å². The Morgan fingerprint density at radius 2 is 1.68 bits per heavy atom. The lowest BCUT2D eigenvalue weighted by Crippen LogP contribution is -2.16. The van der Waals surface area contributed by atoms with E-state index >= 15 is 0 Å². The molecule has 13 heteroatoms. The van der Waals surface area contributed by atoms with Gasteiger partial charge in [-0.2, -0.15) is 0 Å². The van der Waals surface area contributed by atoms with Crippen LogP contribution in [0.2, 0.25) is 0 Å². The number of hydrogen-bond acceptors (Lipinski definition) is 10. The highest BCUT2D eigenvalue weighted by atomic mass is 17.0. The molecule has 0 bridgehead atoms. The van der Waals surface area contributed by atoms with E-state index in [9.17, 15) is 19.7 Å². The minimum absolute atomic E-state index is 0.00497. The minimum atomic E-state index is -1.01. The number of imidazole rings is 2. The maximum absolute atomic E-state index is 13.3. The zero-order valence-electron chi connectivity index (χ0n) is 29.7. The number of esters is 1. The molecule has 13 nitrogen and oxygen atoms in total. The van der Waals surface area contributed by atoms with Gasteiger partial charge >= 0.3 is 11.8 Å². The van der Waals surface area contributed by atoms with Crippen molar-refractivity contribution in [2.45, 2.75) is 59.3 Å². The van der Waals surface area contributed by atoms with Crippen molar-refractivity contribution in [1.29, 1.82) is 0 Å². The number of rotatable bonds is 13. The van der Waals surface area contributed by atoms with Gasteiger partial charge in [-0.3, -0.25) is 0 Å². The molecule has 0 aliphatic heterocycles. The molecule has 3 heterocycles. The van der Waals surface area contributed by atoms with Crippen molar-refractivity contribution < 1.29 is 28.3 Å². The first-order chi connectivity index (χ1) is 25.6. The number of fused-ring (bicyclic) bond motifs is 2. The summed E-state index contributed by atoms with van der Waals surface area (Å²) in [6.07, 6.45) is 0.747. The number of para-hydroxylation sites is 2. The predicted octanol–water partition coefficient (Wildman–Crippen LogP) is 7.61. The summed E-state index contributed by atoms with van der Waals surface area (Å²) in [4.78, 5) is 50.3. The largest absolute Gasteiger partial charge is 0.519 e. The van der Waals surface area contributed by atoms with Gasteiger partial charge in [0.1, 0.15) is 17.8 Å². The zero-order chi connectivity index (χ0) is 37.2. The van der Waals surface area contributed by atoms with Gasteiger partial charge in [-0.15, -0.1) is 10.1 Å². The number of carbonyl (C=O) groups is 1. The first-order valence-electron chi connectivity index (χ1n) is 17.3. The normalized spacial score (nSPS) is 12.0. The molecule has 7 aromatic rings. The lowest BCUT2D eigenvalue weighted by atomic mass is 9.98. The van der Waals surface area contributed by atoms with Gasteiger partial charge in [0.15, 0.2) is 18.1 Å². The fourth-order valence-electron chi connectivity index (χ4n) is 6.70. The molecule has 0 spiro atoms. The van der Waals surface area contributed by atoms with Gasteiger partial charge < -0.3 is 27.5 Å². The Morgan fingerprint density at radius 1 is 0.943 bits per heavy atom. The van der Waals surface area contributed by atoms with Gasteiger partial charge in [0, 0.05) is 32.0 Å². The van der Waals surface area contributed by atoms with E-state index in [-0.39, 0.29) is 17.9 Å². The summed E-state index contributed by atoms with van der Waals surface area (Å²) in [5.74, 6) is 0.215. The van der Waals surface area contributed by atoms with Gasteiger partial charge in [0.05, 0.1) is 27.6 Å². The molecule has 1 atom stereocenters. The molecule has 0 aliphatic carbocycles. The summed E-state index contributed by atoms with van der Waals surface area (Å²) >= 11 is 0. The molecule has 0 radical (unpaired) electrons. The topological polar surface area (TPSA) is 158 Å². The van der Waals surface area contributed by atoms with Crippen molar-refractivity contribution in [2.24, 2.45) is 7.05 Å². The molecule has 0 saturated carbocycles. The number of nitrogens with zero attached hydrogens (tertiary/aromatic N) is 5. The number of benzene rings is 4. The smallest absolute Gasteiger partial charge is 0.454 e. The third-order valence-electron chi connectivity index (χ3n) is 9.19. The number of aryl methyl sites for hydroxylation is 3. The zero-order valence-corrected chi connectivity index (χ0v) is 29.7. The lowest BCUT2D eigenvalue weighted by molar-refractivity contribution is -0.767. The van der Waals surface area contributed by atoms with Crippen LogP contribution in [0.25, 0.3) is 44.6 Å².